The van der Waals surface area contributed by atoms with E-state index in [4.69, 9.17) is 0 Å². The Labute approximate surface area is 186 Å². The summed E-state index contributed by atoms with van der Waals surface area (Å²) in [6.07, 6.45) is 10.3. The first-order chi connectivity index (χ1) is 15.3. The number of pyridine rings is 1. The molecule has 7 heteroatoms. The third kappa shape index (κ3) is 3.68. The van der Waals surface area contributed by atoms with E-state index in [-0.39, 0.29) is 17.3 Å². The van der Waals surface area contributed by atoms with Gasteiger partial charge in [0.05, 0.1) is 11.4 Å². The van der Waals surface area contributed by atoms with Crippen molar-refractivity contribution in [1.29, 1.82) is 0 Å². The van der Waals surface area contributed by atoms with Crippen LogP contribution >= 0.6 is 0 Å². The zero-order valence-electron chi connectivity index (χ0n) is 18.8. The van der Waals surface area contributed by atoms with E-state index in [2.05, 4.69) is 63.4 Å². The van der Waals surface area contributed by atoms with Gasteiger partial charge in [-0.05, 0) is 67.5 Å². The van der Waals surface area contributed by atoms with Crippen molar-refractivity contribution >= 4 is 27.8 Å². The summed E-state index contributed by atoms with van der Waals surface area (Å²) in [5.41, 5.74) is 6.93. The fraction of sp³-hybridized carbons (Fsp3) is 0.320. The number of fused-ring (bicyclic) bond motifs is 2. The summed E-state index contributed by atoms with van der Waals surface area (Å²) in [6.45, 7) is 8.56. The number of halogens is 1. The molecule has 5 rings (SSSR count). The first kappa shape index (κ1) is 20.4. The molecule has 1 unspecified atom stereocenters. The van der Waals surface area contributed by atoms with Crippen molar-refractivity contribution in [2.24, 2.45) is 0 Å². The van der Waals surface area contributed by atoms with Crippen molar-refractivity contribution in [3.8, 4) is 0 Å². The molecule has 0 aromatic carbocycles. The van der Waals surface area contributed by atoms with Gasteiger partial charge >= 0.3 is 0 Å². The molecule has 0 saturated carbocycles. The first-order valence-electron chi connectivity index (χ1n) is 10.9. The highest BCUT2D eigenvalue weighted by Crippen LogP contribution is 2.33. The largest absolute Gasteiger partial charge is 0.377 e. The maximum atomic E-state index is 13.3. The number of nitrogens with one attached hydrogen (secondary N) is 3. The molecule has 0 spiro atoms. The van der Waals surface area contributed by atoms with E-state index in [0.717, 1.165) is 45.4 Å². The predicted octanol–water partition coefficient (Wildman–Crippen LogP) is 5.57. The molecule has 0 amide bonds. The van der Waals surface area contributed by atoms with E-state index in [1.54, 1.807) is 6.08 Å². The van der Waals surface area contributed by atoms with Crippen LogP contribution in [0.15, 0.2) is 48.6 Å². The van der Waals surface area contributed by atoms with E-state index in [1.807, 2.05) is 25.4 Å². The second-order valence-electron chi connectivity index (χ2n) is 9.29. The lowest BCUT2D eigenvalue weighted by molar-refractivity contribution is 0.514. The number of anilines is 1. The second-order valence-corrected chi connectivity index (χ2v) is 9.29. The molecule has 4 aromatic rings. The molecule has 0 aliphatic heterocycles. The molecular weight excluding hydrogens is 403 g/mol. The molecule has 32 heavy (non-hydrogen) atoms. The van der Waals surface area contributed by atoms with E-state index in [9.17, 15) is 4.39 Å². The Kier molecular flexibility index (Phi) is 4.84. The van der Waals surface area contributed by atoms with Crippen molar-refractivity contribution in [3.05, 3.63) is 71.1 Å². The van der Waals surface area contributed by atoms with Gasteiger partial charge in [0.25, 0.3) is 0 Å². The quantitative estimate of drug-likeness (QED) is 0.387. The third-order valence-corrected chi connectivity index (χ3v) is 6.37. The van der Waals surface area contributed by atoms with E-state index in [0.29, 0.717) is 6.42 Å². The molecule has 3 N–H and O–H groups in total. The summed E-state index contributed by atoms with van der Waals surface area (Å²) in [7, 11) is 0. The lowest BCUT2D eigenvalue weighted by atomic mass is 9.80. The van der Waals surface area contributed by atoms with Gasteiger partial charge in [-0.2, -0.15) is 5.10 Å². The minimum absolute atomic E-state index is 0.0590. The minimum atomic E-state index is -0.180. The van der Waals surface area contributed by atoms with Crippen molar-refractivity contribution < 1.29 is 4.39 Å². The number of aryl methyl sites for hydroxylation is 2. The zero-order valence-corrected chi connectivity index (χ0v) is 18.8. The fourth-order valence-electron chi connectivity index (χ4n) is 4.38. The summed E-state index contributed by atoms with van der Waals surface area (Å²) in [4.78, 5) is 11.4. The summed E-state index contributed by atoms with van der Waals surface area (Å²) in [6, 6.07) is 4.34. The molecule has 1 aliphatic rings. The van der Waals surface area contributed by atoms with Crippen LogP contribution in [0, 0.1) is 13.8 Å². The Bertz CT molecular complexity index is 1370. The summed E-state index contributed by atoms with van der Waals surface area (Å²) in [5, 5.41) is 14.1. The van der Waals surface area contributed by atoms with Gasteiger partial charge in [0.1, 0.15) is 11.5 Å². The number of allylic oxidation sites excluding steroid dienone is 2. The van der Waals surface area contributed by atoms with E-state index >= 15 is 0 Å². The van der Waals surface area contributed by atoms with Crippen LogP contribution in [0.3, 0.4) is 0 Å². The average Bonchev–Trinajstić information content (AvgIpc) is 3.30. The summed E-state index contributed by atoms with van der Waals surface area (Å²) < 4.78 is 13.3. The van der Waals surface area contributed by atoms with Crippen LogP contribution in [0.4, 0.5) is 10.1 Å². The number of aromatic amines is 2. The van der Waals surface area contributed by atoms with E-state index in [1.165, 1.54) is 17.3 Å². The van der Waals surface area contributed by atoms with Gasteiger partial charge in [0, 0.05) is 34.9 Å². The molecule has 0 saturated heterocycles. The monoisotopic (exact) mass is 430 g/mol. The standard InChI is InChI=1S/C25H27FN6/c1-14-9-19-15(2)21(30-24(19)32-31-14)11-25(3,4)16-10-20-22(13-28-23(20)27-12-16)29-18-7-5-17(26)6-8-18/h5-7,9-10,12-13,18,29H,8,11H2,1-4H3,(H,27,28)(H,30,32). The Morgan fingerprint density at radius 3 is 2.78 bits per heavy atom. The van der Waals surface area contributed by atoms with Crippen LogP contribution in [-0.4, -0.2) is 31.2 Å². The van der Waals surface area contributed by atoms with Crippen molar-refractivity contribution in [2.75, 3.05) is 5.32 Å². The number of aromatic nitrogens is 5. The molecule has 6 nitrogen and oxygen atoms in total. The number of H-pyrrole nitrogens is 2. The van der Waals surface area contributed by atoms with Gasteiger partial charge in [0.2, 0.25) is 0 Å². The minimum Gasteiger partial charge on any atom is -0.377 e. The Morgan fingerprint density at radius 2 is 2.00 bits per heavy atom. The number of hydrogen-bond acceptors (Lipinski definition) is 4. The SMILES string of the molecule is Cc1cc2c(C)c(CC(C)(C)c3cnc4[nH]cc(NC5C=CC(F)=CC5)c4c3)[nH]c2nn1. The molecule has 0 radical (unpaired) electrons. The van der Waals surface area contributed by atoms with Gasteiger partial charge < -0.3 is 15.3 Å². The normalized spacial score (nSPS) is 16.7. The second kappa shape index (κ2) is 7.58. The van der Waals surface area contributed by atoms with Gasteiger partial charge in [-0.3, -0.25) is 0 Å². The molecule has 164 valence electrons. The topological polar surface area (TPSA) is 82.3 Å². The third-order valence-electron chi connectivity index (χ3n) is 6.37. The smallest absolute Gasteiger partial charge is 0.160 e. The molecule has 4 aromatic heterocycles. The van der Waals surface area contributed by atoms with Crippen LogP contribution < -0.4 is 5.32 Å². The van der Waals surface area contributed by atoms with Gasteiger partial charge in [-0.25, -0.2) is 9.37 Å². The molecule has 1 aliphatic carbocycles. The molecule has 1 atom stereocenters. The van der Waals surface area contributed by atoms with Crippen molar-refractivity contribution in [1.82, 2.24) is 25.1 Å². The number of rotatable bonds is 5. The maximum absolute atomic E-state index is 13.3. The molecule has 4 heterocycles. The van der Waals surface area contributed by atoms with Crippen LogP contribution in [0.25, 0.3) is 22.1 Å². The number of hydrogen-bond donors (Lipinski definition) is 3. The highest BCUT2D eigenvalue weighted by atomic mass is 19.1. The maximum Gasteiger partial charge on any atom is 0.160 e. The molecular formula is C25H27FN6. The van der Waals surface area contributed by atoms with Gasteiger partial charge in [-0.1, -0.05) is 19.9 Å². The van der Waals surface area contributed by atoms with E-state index < -0.39 is 0 Å². The average molecular weight is 431 g/mol. The highest BCUT2D eigenvalue weighted by Gasteiger charge is 2.25. The predicted molar refractivity (Wildman–Crippen MR) is 127 cm³/mol. The first-order valence-corrected chi connectivity index (χ1v) is 10.9. The van der Waals surface area contributed by atoms with Gasteiger partial charge in [-0.15, -0.1) is 5.10 Å². The summed E-state index contributed by atoms with van der Waals surface area (Å²) in [5.74, 6) is -0.180. The van der Waals surface area contributed by atoms with Crippen LogP contribution in [0.2, 0.25) is 0 Å². The zero-order chi connectivity index (χ0) is 22.5. The van der Waals surface area contributed by atoms with Crippen molar-refractivity contribution in [3.63, 3.8) is 0 Å². The Hall–Kier alpha value is -3.48. The summed E-state index contributed by atoms with van der Waals surface area (Å²) >= 11 is 0. The fourth-order valence-corrected chi connectivity index (χ4v) is 4.38. The Balaban J connectivity index is 1.44. The van der Waals surface area contributed by atoms with Crippen molar-refractivity contribution in [2.45, 2.75) is 52.0 Å². The lowest BCUT2D eigenvalue weighted by Crippen LogP contribution is -2.21. The Morgan fingerprint density at radius 1 is 1.16 bits per heavy atom. The molecule has 0 fully saturated rings. The molecule has 0 bridgehead atoms. The van der Waals surface area contributed by atoms with Crippen LogP contribution in [-0.2, 0) is 11.8 Å². The van der Waals surface area contributed by atoms with Crippen LogP contribution in [0.1, 0.15) is 42.8 Å². The van der Waals surface area contributed by atoms with Crippen LogP contribution in [0.5, 0.6) is 0 Å². The lowest BCUT2D eigenvalue weighted by Gasteiger charge is -2.25. The number of nitrogens with zero attached hydrogens (tertiary/aromatic N) is 3. The van der Waals surface area contributed by atoms with Gasteiger partial charge in [0.15, 0.2) is 5.65 Å². The highest BCUT2D eigenvalue weighted by molar-refractivity contribution is 5.90.